The van der Waals surface area contributed by atoms with E-state index in [1.165, 1.54) is 0 Å². The van der Waals surface area contributed by atoms with E-state index in [2.05, 4.69) is 13.5 Å². The van der Waals surface area contributed by atoms with E-state index in [-0.39, 0.29) is 12.7 Å². The van der Waals surface area contributed by atoms with Gasteiger partial charge in [-0.1, -0.05) is 19.1 Å². The van der Waals surface area contributed by atoms with Crippen LogP contribution in [0.1, 0.15) is 33.1 Å². The number of hydrogen-bond acceptors (Lipinski definition) is 2. The predicted molar refractivity (Wildman–Crippen MR) is 50.9 cm³/mol. The first-order valence-corrected chi connectivity index (χ1v) is 4.52. The van der Waals surface area contributed by atoms with Crippen molar-refractivity contribution in [2.75, 3.05) is 6.61 Å². The molecule has 0 heterocycles. The van der Waals surface area contributed by atoms with Crippen LogP contribution in [0.5, 0.6) is 0 Å². The molecule has 2 N–H and O–H groups in total. The van der Waals surface area contributed by atoms with E-state index >= 15 is 0 Å². The lowest BCUT2D eigenvalue weighted by molar-refractivity contribution is 0.183. The third kappa shape index (κ3) is 5.33. The summed E-state index contributed by atoms with van der Waals surface area (Å²) in [6, 6.07) is 0. The lowest BCUT2D eigenvalue weighted by atomic mass is 9.98. The van der Waals surface area contributed by atoms with Gasteiger partial charge in [0.2, 0.25) is 0 Å². The Morgan fingerprint density at radius 2 is 1.92 bits per heavy atom. The van der Waals surface area contributed by atoms with Gasteiger partial charge in [-0.2, -0.15) is 0 Å². The first-order valence-electron chi connectivity index (χ1n) is 4.52. The molecule has 0 rings (SSSR count). The van der Waals surface area contributed by atoms with Gasteiger partial charge in [-0.25, -0.2) is 0 Å². The molecule has 12 heavy (non-hydrogen) atoms. The van der Waals surface area contributed by atoms with Crippen LogP contribution in [0.3, 0.4) is 0 Å². The fourth-order valence-corrected chi connectivity index (χ4v) is 1.05. The van der Waals surface area contributed by atoms with Crippen molar-refractivity contribution in [1.29, 1.82) is 0 Å². The Morgan fingerprint density at radius 1 is 1.33 bits per heavy atom. The van der Waals surface area contributed by atoms with Crippen molar-refractivity contribution in [3.05, 3.63) is 12.2 Å². The molecule has 72 valence electrons. The predicted octanol–water partition coefficient (Wildman–Crippen LogP) is 1.72. The molecule has 0 aliphatic rings. The molecule has 0 spiro atoms. The van der Waals surface area contributed by atoms with Gasteiger partial charge in [0.15, 0.2) is 0 Å². The fourth-order valence-electron chi connectivity index (χ4n) is 1.05. The highest BCUT2D eigenvalue weighted by Gasteiger charge is 2.07. The summed E-state index contributed by atoms with van der Waals surface area (Å²) in [4.78, 5) is 0. The maximum atomic E-state index is 9.38. The Kier molecular flexibility index (Phi) is 6.03. The normalized spacial score (nSPS) is 15.7. The standard InChI is InChI=1S/C10H20O2/c1-8(2)10(12)5-4-9(3)6-7-11/h9-12H,1,4-7H2,2-3H3/t9-,10+/m0/s1. The van der Waals surface area contributed by atoms with Gasteiger partial charge in [-0.15, -0.1) is 0 Å². The highest BCUT2D eigenvalue weighted by atomic mass is 16.3. The summed E-state index contributed by atoms with van der Waals surface area (Å²) in [6.07, 6.45) is 2.17. The highest BCUT2D eigenvalue weighted by molar-refractivity contribution is 4.96. The van der Waals surface area contributed by atoms with Gasteiger partial charge in [-0.05, 0) is 32.1 Å². The summed E-state index contributed by atoms with van der Waals surface area (Å²) in [6.45, 7) is 7.84. The van der Waals surface area contributed by atoms with E-state index in [1.807, 2.05) is 6.92 Å². The smallest absolute Gasteiger partial charge is 0.0744 e. The van der Waals surface area contributed by atoms with Crippen LogP contribution in [0.15, 0.2) is 12.2 Å². The zero-order chi connectivity index (χ0) is 9.56. The Bertz CT molecular complexity index is 132. The summed E-state index contributed by atoms with van der Waals surface area (Å²) in [7, 11) is 0. The van der Waals surface area contributed by atoms with Gasteiger partial charge >= 0.3 is 0 Å². The van der Waals surface area contributed by atoms with Crippen molar-refractivity contribution in [2.45, 2.75) is 39.2 Å². The third-order valence-electron chi connectivity index (χ3n) is 2.12. The lowest BCUT2D eigenvalue weighted by Crippen LogP contribution is -2.09. The summed E-state index contributed by atoms with van der Waals surface area (Å²) in [5.74, 6) is 0.490. The van der Waals surface area contributed by atoms with Crippen LogP contribution in [0.25, 0.3) is 0 Å². The SMILES string of the molecule is C=C(C)[C@H](O)CC[C@H](C)CCO. The Balaban J connectivity index is 3.46. The molecule has 0 aromatic heterocycles. The average Bonchev–Trinajstić information content (AvgIpc) is 2.00. The number of aliphatic hydroxyl groups excluding tert-OH is 2. The average molecular weight is 172 g/mol. The third-order valence-corrected chi connectivity index (χ3v) is 2.12. The van der Waals surface area contributed by atoms with Crippen molar-refractivity contribution in [1.82, 2.24) is 0 Å². The minimum Gasteiger partial charge on any atom is -0.396 e. The number of aliphatic hydroxyl groups is 2. The summed E-state index contributed by atoms with van der Waals surface area (Å²) in [5.41, 5.74) is 0.825. The molecule has 0 amide bonds. The van der Waals surface area contributed by atoms with Crippen LogP contribution < -0.4 is 0 Å². The zero-order valence-corrected chi connectivity index (χ0v) is 8.08. The van der Waals surface area contributed by atoms with Crippen LogP contribution in [-0.4, -0.2) is 22.9 Å². The van der Waals surface area contributed by atoms with Gasteiger partial charge in [0.25, 0.3) is 0 Å². The monoisotopic (exact) mass is 172 g/mol. The van der Waals surface area contributed by atoms with Gasteiger partial charge < -0.3 is 10.2 Å². The minimum absolute atomic E-state index is 0.240. The highest BCUT2D eigenvalue weighted by Crippen LogP contribution is 2.14. The second kappa shape index (κ2) is 6.21. The first kappa shape index (κ1) is 11.7. The van der Waals surface area contributed by atoms with Crippen LogP contribution in [-0.2, 0) is 0 Å². The van der Waals surface area contributed by atoms with Gasteiger partial charge in [-0.3, -0.25) is 0 Å². The molecule has 0 aliphatic carbocycles. The largest absolute Gasteiger partial charge is 0.396 e. The summed E-state index contributed by atoms with van der Waals surface area (Å²) < 4.78 is 0. The van der Waals surface area contributed by atoms with Crippen LogP contribution >= 0.6 is 0 Å². The molecule has 0 bridgehead atoms. The zero-order valence-electron chi connectivity index (χ0n) is 8.08. The van der Waals surface area contributed by atoms with Crippen LogP contribution in [0, 0.1) is 5.92 Å². The van der Waals surface area contributed by atoms with Crippen molar-refractivity contribution in [3.63, 3.8) is 0 Å². The van der Waals surface area contributed by atoms with Crippen molar-refractivity contribution >= 4 is 0 Å². The lowest BCUT2D eigenvalue weighted by Gasteiger charge is -2.13. The minimum atomic E-state index is -0.369. The van der Waals surface area contributed by atoms with Crippen LogP contribution in [0.2, 0.25) is 0 Å². The van der Waals surface area contributed by atoms with E-state index in [9.17, 15) is 5.11 Å². The van der Waals surface area contributed by atoms with E-state index < -0.39 is 0 Å². The molecule has 0 aliphatic heterocycles. The molecule has 0 saturated heterocycles. The Hall–Kier alpha value is -0.340. The molecule has 0 fully saturated rings. The molecule has 2 atom stereocenters. The molecular formula is C10H20O2. The topological polar surface area (TPSA) is 40.5 Å². The summed E-state index contributed by atoms with van der Waals surface area (Å²) >= 11 is 0. The maximum absolute atomic E-state index is 9.38. The van der Waals surface area contributed by atoms with Gasteiger partial charge in [0.05, 0.1) is 6.10 Å². The molecular weight excluding hydrogens is 152 g/mol. The maximum Gasteiger partial charge on any atom is 0.0744 e. The fraction of sp³-hybridized carbons (Fsp3) is 0.800. The van der Waals surface area contributed by atoms with Crippen LogP contribution in [0.4, 0.5) is 0 Å². The van der Waals surface area contributed by atoms with E-state index in [0.29, 0.717) is 5.92 Å². The molecule has 0 aromatic carbocycles. The molecule has 0 saturated carbocycles. The second-order valence-corrected chi connectivity index (χ2v) is 3.56. The number of rotatable bonds is 6. The molecule has 0 aromatic rings. The first-order chi connectivity index (χ1) is 5.57. The Morgan fingerprint density at radius 3 is 2.33 bits per heavy atom. The molecule has 0 unspecified atom stereocenters. The van der Waals surface area contributed by atoms with E-state index in [4.69, 9.17) is 5.11 Å². The quantitative estimate of drug-likeness (QED) is 0.599. The second-order valence-electron chi connectivity index (χ2n) is 3.56. The summed E-state index contributed by atoms with van der Waals surface area (Å²) in [5, 5.41) is 18.0. The molecule has 0 radical (unpaired) electrons. The van der Waals surface area contributed by atoms with Gasteiger partial charge in [0, 0.05) is 6.61 Å². The van der Waals surface area contributed by atoms with Crippen molar-refractivity contribution in [3.8, 4) is 0 Å². The Labute approximate surface area is 74.9 Å². The van der Waals surface area contributed by atoms with Crippen molar-refractivity contribution in [2.24, 2.45) is 5.92 Å². The van der Waals surface area contributed by atoms with E-state index in [0.717, 1.165) is 24.8 Å². The van der Waals surface area contributed by atoms with Crippen molar-refractivity contribution < 1.29 is 10.2 Å². The van der Waals surface area contributed by atoms with E-state index in [1.54, 1.807) is 0 Å². The number of hydrogen-bond donors (Lipinski definition) is 2. The van der Waals surface area contributed by atoms with Gasteiger partial charge in [0.1, 0.15) is 0 Å². The molecule has 2 heteroatoms. The molecule has 2 nitrogen and oxygen atoms in total.